The Morgan fingerprint density at radius 1 is 1.38 bits per heavy atom. The minimum atomic E-state index is -4.31. The molecule has 1 unspecified atom stereocenters. The van der Waals surface area contributed by atoms with Crippen molar-refractivity contribution >= 4 is 5.97 Å². The molecule has 0 radical (unpaired) electrons. The summed E-state index contributed by atoms with van der Waals surface area (Å²) in [7, 11) is 1.17. The summed E-state index contributed by atoms with van der Waals surface area (Å²) in [5.41, 5.74) is 0. The summed E-state index contributed by atoms with van der Waals surface area (Å²) < 4.78 is 40.3. The summed E-state index contributed by atoms with van der Waals surface area (Å²) in [5.74, 6) is -0.639. The Labute approximate surface area is 93.3 Å². The van der Waals surface area contributed by atoms with E-state index >= 15 is 0 Å². The third-order valence-corrected chi connectivity index (χ3v) is 2.13. The van der Waals surface area contributed by atoms with E-state index in [1.807, 2.05) is 6.92 Å². The normalized spacial score (nSPS) is 13.6. The molecule has 6 heteroatoms. The van der Waals surface area contributed by atoms with E-state index in [-0.39, 0.29) is 0 Å². The number of ether oxygens (including phenoxy) is 1. The number of halogens is 3. The minimum absolute atomic E-state index is 0.372. The van der Waals surface area contributed by atoms with Gasteiger partial charge in [0.2, 0.25) is 0 Å². The number of methoxy groups -OCH3 is 1. The maximum Gasteiger partial charge on any atom is 0.401 e. The molecule has 16 heavy (non-hydrogen) atoms. The first-order chi connectivity index (χ1) is 7.40. The minimum Gasteiger partial charge on any atom is -0.468 e. The number of carbonyl (C=O) groups excluding carboxylic acids is 1. The molecule has 3 nitrogen and oxygen atoms in total. The zero-order valence-corrected chi connectivity index (χ0v) is 9.56. The Bertz CT molecular complexity index is 207. The van der Waals surface area contributed by atoms with Gasteiger partial charge in [-0.15, -0.1) is 0 Å². The quantitative estimate of drug-likeness (QED) is 0.549. The first-order valence-corrected chi connectivity index (χ1v) is 5.28. The molecule has 0 aromatic rings. The van der Waals surface area contributed by atoms with Gasteiger partial charge >= 0.3 is 12.1 Å². The van der Waals surface area contributed by atoms with Crippen molar-refractivity contribution in [2.45, 2.75) is 44.8 Å². The van der Waals surface area contributed by atoms with Crippen LogP contribution in [0, 0.1) is 0 Å². The zero-order valence-electron chi connectivity index (χ0n) is 9.56. The average Bonchev–Trinajstić information content (AvgIpc) is 2.20. The van der Waals surface area contributed by atoms with Gasteiger partial charge in [-0.2, -0.15) is 13.2 Å². The van der Waals surface area contributed by atoms with Gasteiger partial charge in [0.1, 0.15) is 6.04 Å². The smallest absolute Gasteiger partial charge is 0.401 e. The molecule has 0 aromatic heterocycles. The Morgan fingerprint density at radius 2 is 2.00 bits per heavy atom. The molecule has 0 heterocycles. The number of nitrogens with one attached hydrogen (secondary N) is 1. The lowest BCUT2D eigenvalue weighted by Crippen LogP contribution is -2.42. The van der Waals surface area contributed by atoms with Crippen molar-refractivity contribution in [3.63, 3.8) is 0 Å². The number of unbranched alkanes of at least 4 members (excludes halogenated alkanes) is 2. The second-order valence-electron chi connectivity index (χ2n) is 3.57. The topological polar surface area (TPSA) is 38.3 Å². The number of carbonyl (C=O) groups is 1. The Hall–Kier alpha value is -0.780. The van der Waals surface area contributed by atoms with Gasteiger partial charge in [0.25, 0.3) is 0 Å². The van der Waals surface area contributed by atoms with Gasteiger partial charge in [-0.3, -0.25) is 10.1 Å². The van der Waals surface area contributed by atoms with Crippen molar-refractivity contribution < 1.29 is 22.7 Å². The fraction of sp³-hybridized carbons (Fsp3) is 0.900. The number of rotatable bonds is 7. The van der Waals surface area contributed by atoms with Crippen molar-refractivity contribution in [3.05, 3.63) is 0 Å². The van der Waals surface area contributed by atoms with Gasteiger partial charge in [0.05, 0.1) is 13.7 Å². The van der Waals surface area contributed by atoms with Crippen molar-refractivity contribution in [1.29, 1.82) is 0 Å². The highest BCUT2D eigenvalue weighted by Gasteiger charge is 2.30. The second-order valence-corrected chi connectivity index (χ2v) is 3.57. The fourth-order valence-electron chi connectivity index (χ4n) is 1.28. The summed E-state index contributed by atoms with van der Waals surface area (Å²) in [6, 6.07) is -0.863. The fourth-order valence-corrected chi connectivity index (χ4v) is 1.28. The first-order valence-electron chi connectivity index (χ1n) is 5.28. The van der Waals surface area contributed by atoms with Crippen molar-refractivity contribution in [3.8, 4) is 0 Å². The molecular weight excluding hydrogens is 223 g/mol. The molecule has 0 aliphatic rings. The molecule has 0 saturated carbocycles. The molecule has 0 amide bonds. The summed E-state index contributed by atoms with van der Waals surface area (Å²) in [4.78, 5) is 11.2. The Balaban J connectivity index is 4.06. The van der Waals surface area contributed by atoms with Gasteiger partial charge in [0.15, 0.2) is 0 Å². The molecule has 0 aliphatic heterocycles. The number of alkyl halides is 3. The van der Waals surface area contributed by atoms with Gasteiger partial charge in [-0.05, 0) is 6.42 Å². The monoisotopic (exact) mass is 241 g/mol. The highest BCUT2D eigenvalue weighted by Crippen LogP contribution is 2.14. The summed E-state index contributed by atoms with van der Waals surface area (Å²) in [5, 5.41) is 2.17. The van der Waals surface area contributed by atoms with Gasteiger partial charge in [-0.1, -0.05) is 26.2 Å². The van der Waals surface area contributed by atoms with Crippen molar-refractivity contribution in [2.75, 3.05) is 13.7 Å². The molecular formula is C10H18F3NO2. The summed E-state index contributed by atoms with van der Waals surface area (Å²) in [6.07, 6.45) is -1.39. The van der Waals surface area contributed by atoms with Crippen LogP contribution in [0.15, 0.2) is 0 Å². The van der Waals surface area contributed by atoms with E-state index < -0.39 is 24.7 Å². The van der Waals surface area contributed by atoms with E-state index in [4.69, 9.17) is 0 Å². The highest BCUT2D eigenvalue weighted by atomic mass is 19.4. The highest BCUT2D eigenvalue weighted by molar-refractivity contribution is 5.75. The Kier molecular flexibility index (Phi) is 7.12. The number of hydrogen-bond acceptors (Lipinski definition) is 3. The zero-order chi connectivity index (χ0) is 12.6. The lowest BCUT2D eigenvalue weighted by atomic mass is 10.1. The molecule has 96 valence electrons. The van der Waals surface area contributed by atoms with E-state index in [2.05, 4.69) is 10.1 Å². The molecule has 0 aromatic carbocycles. The molecule has 0 bridgehead atoms. The molecule has 0 spiro atoms. The van der Waals surface area contributed by atoms with Crippen LogP contribution in [0.1, 0.15) is 32.6 Å². The van der Waals surface area contributed by atoms with E-state index in [9.17, 15) is 18.0 Å². The number of esters is 1. The molecule has 0 saturated heterocycles. The van der Waals surface area contributed by atoms with Crippen LogP contribution in [-0.4, -0.2) is 31.8 Å². The molecule has 0 fully saturated rings. The van der Waals surface area contributed by atoms with Crippen LogP contribution in [0.25, 0.3) is 0 Å². The van der Waals surface area contributed by atoms with E-state index in [0.717, 1.165) is 12.8 Å². The second kappa shape index (κ2) is 7.49. The van der Waals surface area contributed by atoms with Crippen LogP contribution >= 0.6 is 0 Å². The maximum absolute atomic E-state index is 12.0. The van der Waals surface area contributed by atoms with Crippen LogP contribution in [0.3, 0.4) is 0 Å². The van der Waals surface area contributed by atoms with Crippen molar-refractivity contribution in [2.24, 2.45) is 0 Å². The van der Waals surface area contributed by atoms with Crippen LogP contribution in [0.4, 0.5) is 13.2 Å². The van der Waals surface area contributed by atoms with Crippen LogP contribution in [-0.2, 0) is 9.53 Å². The van der Waals surface area contributed by atoms with E-state index in [0.29, 0.717) is 12.8 Å². The largest absolute Gasteiger partial charge is 0.468 e. The number of hydrogen-bond donors (Lipinski definition) is 1. The maximum atomic E-state index is 12.0. The molecule has 1 N–H and O–H groups in total. The van der Waals surface area contributed by atoms with Gasteiger partial charge < -0.3 is 4.74 Å². The Morgan fingerprint density at radius 3 is 2.44 bits per heavy atom. The van der Waals surface area contributed by atoms with Crippen LogP contribution in [0.2, 0.25) is 0 Å². The lowest BCUT2D eigenvalue weighted by molar-refractivity contribution is -0.146. The van der Waals surface area contributed by atoms with Gasteiger partial charge in [0, 0.05) is 0 Å². The standard InChI is InChI=1S/C10H18F3NO2/c1-3-4-5-6-8(9(15)16-2)14-7-10(11,12)13/h8,14H,3-7H2,1-2H3. The average molecular weight is 241 g/mol. The van der Waals surface area contributed by atoms with Gasteiger partial charge in [-0.25, -0.2) is 0 Å². The summed E-state index contributed by atoms with van der Waals surface area (Å²) >= 11 is 0. The predicted molar refractivity (Wildman–Crippen MR) is 54.0 cm³/mol. The van der Waals surface area contributed by atoms with E-state index in [1.54, 1.807) is 0 Å². The third kappa shape index (κ3) is 7.50. The van der Waals surface area contributed by atoms with Crippen LogP contribution < -0.4 is 5.32 Å². The van der Waals surface area contributed by atoms with E-state index in [1.165, 1.54) is 7.11 Å². The lowest BCUT2D eigenvalue weighted by Gasteiger charge is -2.17. The third-order valence-electron chi connectivity index (χ3n) is 2.13. The predicted octanol–water partition coefficient (Wildman–Crippen LogP) is 2.26. The molecule has 0 aliphatic carbocycles. The molecule has 1 atom stereocenters. The summed E-state index contributed by atoms with van der Waals surface area (Å²) in [6.45, 7) is 0.815. The van der Waals surface area contributed by atoms with Crippen LogP contribution in [0.5, 0.6) is 0 Å². The molecule has 0 rings (SSSR count). The SMILES string of the molecule is CCCCCC(NCC(F)(F)F)C(=O)OC. The first kappa shape index (κ1) is 15.2. The van der Waals surface area contributed by atoms with Crippen molar-refractivity contribution in [1.82, 2.24) is 5.32 Å².